The highest BCUT2D eigenvalue weighted by Gasteiger charge is 2.31. The van der Waals surface area contributed by atoms with Crippen LogP contribution in [0.2, 0.25) is 0 Å². The molecule has 4 heteroatoms. The first-order valence-corrected chi connectivity index (χ1v) is 7.97. The van der Waals surface area contributed by atoms with Crippen molar-refractivity contribution in [1.82, 2.24) is 9.97 Å². The number of hydrogen-bond acceptors (Lipinski definition) is 4. The number of aryl methyl sites for hydroxylation is 1. The molecule has 20 heavy (non-hydrogen) atoms. The molecule has 1 heterocycles. The van der Waals surface area contributed by atoms with E-state index in [0.29, 0.717) is 11.2 Å². The Kier molecular flexibility index (Phi) is 4.84. The molecule has 0 radical (unpaired) electrons. The quantitative estimate of drug-likeness (QED) is 0.831. The molecule has 112 valence electrons. The van der Waals surface area contributed by atoms with Crippen molar-refractivity contribution in [3.63, 3.8) is 0 Å². The Hall–Kier alpha value is -1.32. The summed E-state index contributed by atoms with van der Waals surface area (Å²) in [5.74, 6) is 2.40. The lowest BCUT2D eigenvalue weighted by molar-refractivity contribution is 0.306. The molecule has 0 bridgehead atoms. The molecule has 0 unspecified atom stereocenters. The Morgan fingerprint density at radius 3 is 2.50 bits per heavy atom. The molecule has 1 aromatic heterocycles. The van der Waals surface area contributed by atoms with Crippen molar-refractivity contribution in [3.8, 4) is 0 Å². The second kappa shape index (κ2) is 6.42. The van der Waals surface area contributed by atoms with Crippen molar-refractivity contribution >= 4 is 11.6 Å². The largest absolute Gasteiger partial charge is 0.383 e. The number of rotatable bonds is 6. The second-order valence-electron chi connectivity index (χ2n) is 6.16. The van der Waals surface area contributed by atoms with E-state index in [1.54, 1.807) is 0 Å². The third-order valence-electron chi connectivity index (χ3n) is 4.75. The minimum atomic E-state index is 0.455. The molecular weight excluding hydrogens is 248 g/mol. The number of hydrogen-bond donors (Lipinski definition) is 2. The molecule has 1 aliphatic rings. The van der Waals surface area contributed by atoms with E-state index in [4.69, 9.17) is 5.73 Å². The molecule has 0 aromatic carbocycles. The predicted octanol–water partition coefficient (Wildman–Crippen LogP) is 3.70. The van der Waals surface area contributed by atoms with E-state index in [0.717, 1.165) is 36.6 Å². The monoisotopic (exact) mass is 276 g/mol. The maximum atomic E-state index is 6.01. The van der Waals surface area contributed by atoms with Gasteiger partial charge in [-0.3, -0.25) is 0 Å². The van der Waals surface area contributed by atoms with Crippen LogP contribution in [0.3, 0.4) is 0 Å². The van der Waals surface area contributed by atoms with Crippen molar-refractivity contribution < 1.29 is 0 Å². The van der Waals surface area contributed by atoms with Crippen LogP contribution in [-0.2, 0) is 6.42 Å². The van der Waals surface area contributed by atoms with Gasteiger partial charge < -0.3 is 11.1 Å². The van der Waals surface area contributed by atoms with Crippen LogP contribution in [-0.4, -0.2) is 16.5 Å². The van der Waals surface area contributed by atoms with Crippen molar-refractivity contribution in [2.75, 3.05) is 17.6 Å². The average molecular weight is 276 g/mol. The van der Waals surface area contributed by atoms with Gasteiger partial charge in [0.2, 0.25) is 0 Å². The molecule has 0 saturated heterocycles. The van der Waals surface area contributed by atoms with Gasteiger partial charge in [-0.2, -0.15) is 0 Å². The van der Waals surface area contributed by atoms with E-state index in [-0.39, 0.29) is 0 Å². The lowest BCUT2D eigenvalue weighted by atomic mass is 9.83. The van der Waals surface area contributed by atoms with Gasteiger partial charge in [-0.15, -0.1) is 0 Å². The zero-order chi connectivity index (χ0) is 14.6. The van der Waals surface area contributed by atoms with Crippen LogP contribution in [0, 0.1) is 12.3 Å². The van der Waals surface area contributed by atoms with Crippen LogP contribution >= 0.6 is 0 Å². The van der Waals surface area contributed by atoms with Gasteiger partial charge in [0.15, 0.2) is 0 Å². The van der Waals surface area contributed by atoms with Crippen molar-refractivity contribution in [2.45, 2.75) is 65.7 Å². The molecule has 1 saturated carbocycles. The molecule has 1 fully saturated rings. The molecule has 0 spiro atoms. The van der Waals surface area contributed by atoms with Gasteiger partial charge in [-0.1, -0.05) is 26.7 Å². The third-order valence-corrected chi connectivity index (χ3v) is 4.75. The molecule has 2 rings (SSSR count). The summed E-state index contributed by atoms with van der Waals surface area (Å²) in [5, 5.41) is 3.56. The van der Waals surface area contributed by atoms with Gasteiger partial charge in [0.05, 0.1) is 0 Å². The third kappa shape index (κ3) is 3.22. The first kappa shape index (κ1) is 15.1. The van der Waals surface area contributed by atoms with Gasteiger partial charge in [0, 0.05) is 18.5 Å². The van der Waals surface area contributed by atoms with Crippen molar-refractivity contribution in [2.24, 2.45) is 5.41 Å². The Balaban J connectivity index is 2.12. The lowest BCUT2D eigenvalue weighted by Crippen LogP contribution is -2.27. The van der Waals surface area contributed by atoms with Crippen LogP contribution in [0.15, 0.2) is 0 Å². The predicted molar refractivity (Wildman–Crippen MR) is 84.9 cm³/mol. The van der Waals surface area contributed by atoms with Crippen LogP contribution in [0.5, 0.6) is 0 Å². The summed E-state index contributed by atoms with van der Waals surface area (Å²) in [6.07, 6.45) is 8.55. The Morgan fingerprint density at radius 1 is 1.20 bits per heavy atom. The molecule has 1 aromatic rings. The zero-order valence-corrected chi connectivity index (χ0v) is 13.1. The number of aromatic nitrogens is 2. The number of nitrogens with one attached hydrogen (secondary N) is 1. The van der Waals surface area contributed by atoms with E-state index < -0.39 is 0 Å². The molecule has 4 nitrogen and oxygen atoms in total. The maximum absolute atomic E-state index is 6.01. The summed E-state index contributed by atoms with van der Waals surface area (Å²) < 4.78 is 0. The Morgan fingerprint density at radius 2 is 1.90 bits per heavy atom. The summed E-state index contributed by atoms with van der Waals surface area (Å²) in [6.45, 7) is 7.45. The smallest absolute Gasteiger partial charge is 0.134 e. The normalized spacial score (nSPS) is 17.4. The number of nitrogens with two attached hydrogens (primary N) is 1. The minimum absolute atomic E-state index is 0.455. The number of nitrogen functional groups attached to an aromatic ring is 1. The molecule has 1 aliphatic carbocycles. The van der Waals surface area contributed by atoms with Crippen LogP contribution in [0.1, 0.15) is 63.8 Å². The van der Waals surface area contributed by atoms with Gasteiger partial charge in [0.1, 0.15) is 17.5 Å². The summed E-state index contributed by atoms with van der Waals surface area (Å²) >= 11 is 0. The summed E-state index contributed by atoms with van der Waals surface area (Å²) in [6, 6.07) is 0. The van der Waals surface area contributed by atoms with Gasteiger partial charge in [0.25, 0.3) is 0 Å². The fraction of sp³-hybridized carbons (Fsp3) is 0.750. The van der Waals surface area contributed by atoms with E-state index >= 15 is 0 Å². The second-order valence-corrected chi connectivity index (χ2v) is 6.16. The van der Waals surface area contributed by atoms with E-state index in [9.17, 15) is 0 Å². The highest BCUT2D eigenvalue weighted by Crippen LogP contribution is 2.41. The lowest BCUT2D eigenvalue weighted by Gasteiger charge is -2.28. The van der Waals surface area contributed by atoms with Gasteiger partial charge in [-0.25, -0.2) is 9.97 Å². The topological polar surface area (TPSA) is 63.8 Å². The first-order chi connectivity index (χ1) is 9.60. The minimum Gasteiger partial charge on any atom is -0.383 e. The molecular formula is C16H28N4. The number of nitrogens with zero attached hydrogens (tertiary/aromatic N) is 2. The summed E-state index contributed by atoms with van der Waals surface area (Å²) in [7, 11) is 0. The van der Waals surface area contributed by atoms with Crippen LogP contribution in [0.4, 0.5) is 11.6 Å². The first-order valence-electron chi connectivity index (χ1n) is 7.97. The molecule has 3 N–H and O–H groups in total. The molecule has 0 atom stereocenters. The van der Waals surface area contributed by atoms with Crippen molar-refractivity contribution in [3.05, 3.63) is 11.4 Å². The van der Waals surface area contributed by atoms with E-state index in [1.165, 1.54) is 32.1 Å². The molecule has 0 aliphatic heterocycles. The zero-order valence-electron chi connectivity index (χ0n) is 13.1. The van der Waals surface area contributed by atoms with Crippen LogP contribution < -0.4 is 11.1 Å². The summed E-state index contributed by atoms with van der Waals surface area (Å²) in [4.78, 5) is 9.01. The SMILES string of the molecule is CCCc1nc(N)c(C)c(NCC2(CC)CCCC2)n1. The van der Waals surface area contributed by atoms with E-state index in [1.807, 2.05) is 6.92 Å². The Labute approximate surface area is 122 Å². The fourth-order valence-corrected chi connectivity index (χ4v) is 3.14. The van der Waals surface area contributed by atoms with Gasteiger partial charge in [-0.05, 0) is 38.0 Å². The fourth-order valence-electron chi connectivity index (χ4n) is 3.14. The maximum Gasteiger partial charge on any atom is 0.134 e. The number of anilines is 2. The molecule has 0 amide bonds. The highest BCUT2D eigenvalue weighted by molar-refractivity contribution is 5.54. The highest BCUT2D eigenvalue weighted by atomic mass is 15.1. The van der Waals surface area contributed by atoms with Crippen molar-refractivity contribution in [1.29, 1.82) is 0 Å². The van der Waals surface area contributed by atoms with Crippen LogP contribution in [0.25, 0.3) is 0 Å². The van der Waals surface area contributed by atoms with Gasteiger partial charge >= 0.3 is 0 Å². The standard InChI is InChI=1S/C16H28N4/c1-4-8-13-19-14(17)12(3)15(20-13)18-11-16(5-2)9-6-7-10-16/h4-11H2,1-3H3,(H3,17,18,19,20). The average Bonchev–Trinajstić information content (AvgIpc) is 2.91. The summed E-state index contributed by atoms with van der Waals surface area (Å²) in [5.41, 5.74) is 7.45. The van der Waals surface area contributed by atoms with E-state index in [2.05, 4.69) is 29.1 Å². The Bertz CT molecular complexity index is 450.